The summed E-state index contributed by atoms with van der Waals surface area (Å²) in [5.74, 6) is -0.713. The van der Waals surface area contributed by atoms with Gasteiger partial charge in [0.2, 0.25) is 5.95 Å². The molecule has 4 nitrogen and oxygen atoms in total. The van der Waals surface area contributed by atoms with Crippen molar-refractivity contribution in [3.05, 3.63) is 57.6 Å². The van der Waals surface area contributed by atoms with Gasteiger partial charge < -0.3 is 0 Å². The van der Waals surface area contributed by atoms with Crippen LogP contribution in [0.15, 0.2) is 36.5 Å². The highest BCUT2D eigenvalue weighted by Crippen LogP contribution is 2.27. The molecule has 1 heterocycles. The first-order valence-electron chi connectivity index (χ1n) is 4.64. The van der Waals surface area contributed by atoms with Gasteiger partial charge in [0.1, 0.15) is 0 Å². The van der Waals surface area contributed by atoms with E-state index in [2.05, 4.69) is 4.98 Å². The SMILES string of the molecule is O=[N+]([O-])c1cccc(-c2cc(Cl)cnc2F)c1. The minimum absolute atomic E-state index is 0.109. The Labute approximate surface area is 101 Å². The molecule has 0 aliphatic heterocycles. The first-order valence-corrected chi connectivity index (χ1v) is 5.01. The van der Waals surface area contributed by atoms with Gasteiger partial charge in [-0.1, -0.05) is 23.7 Å². The van der Waals surface area contributed by atoms with Crippen molar-refractivity contribution in [1.82, 2.24) is 4.98 Å². The highest BCUT2D eigenvalue weighted by molar-refractivity contribution is 6.30. The molecule has 0 saturated heterocycles. The molecule has 1 aromatic heterocycles. The van der Waals surface area contributed by atoms with E-state index < -0.39 is 10.9 Å². The smallest absolute Gasteiger partial charge is 0.258 e. The van der Waals surface area contributed by atoms with Crippen molar-refractivity contribution in [3.63, 3.8) is 0 Å². The first kappa shape index (κ1) is 11.5. The molecule has 0 bridgehead atoms. The van der Waals surface area contributed by atoms with E-state index >= 15 is 0 Å². The standard InChI is InChI=1S/C11H6ClFN2O2/c12-8-5-10(11(13)14-6-8)7-2-1-3-9(4-7)15(16)17/h1-6H. The number of hydrogen-bond donors (Lipinski definition) is 0. The lowest BCUT2D eigenvalue weighted by molar-refractivity contribution is -0.384. The Balaban J connectivity index is 2.56. The van der Waals surface area contributed by atoms with E-state index in [1.165, 1.54) is 30.5 Å². The zero-order chi connectivity index (χ0) is 12.4. The number of rotatable bonds is 2. The van der Waals surface area contributed by atoms with Crippen LogP contribution >= 0.6 is 11.6 Å². The van der Waals surface area contributed by atoms with Crippen LogP contribution in [0.4, 0.5) is 10.1 Å². The normalized spacial score (nSPS) is 10.2. The molecule has 17 heavy (non-hydrogen) atoms. The number of nitro benzene ring substituents is 1. The van der Waals surface area contributed by atoms with E-state index in [1.807, 2.05) is 0 Å². The summed E-state index contributed by atoms with van der Waals surface area (Å²) in [7, 11) is 0. The molecule has 86 valence electrons. The highest BCUT2D eigenvalue weighted by atomic mass is 35.5. The Kier molecular flexibility index (Phi) is 3.01. The number of nitrogens with zero attached hydrogens (tertiary/aromatic N) is 2. The van der Waals surface area contributed by atoms with E-state index in [4.69, 9.17) is 11.6 Å². The summed E-state index contributed by atoms with van der Waals surface area (Å²) >= 11 is 5.71. The summed E-state index contributed by atoms with van der Waals surface area (Å²) in [6, 6.07) is 7.02. The van der Waals surface area contributed by atoms with Crippen molar-refractivity contribution in [2.75, 3.05) is 0 Å². The second-order valence-electron chi connectivity index (χ2n) is 3.30. The summed E-state index contributed by atoms with van der Waals surface area (Å²) < 4.78 is 13.4. The summed E-state index contributed by atoms with van der Waals surface area (Å²) in [5.41, 5.74) is 0.398. The largest absolute Gasteiger partial charge is 0.270 e. The Bertz CT molecular complexity index is 589. The molecule has 0 saturated carbocycles. The fraction of sp³-hybridized carbons (Fsp3) is 0. The molecule has 0 fully saturated rings. The highest BCUT2D eigenvalue weighted by Gasteiger charge is 2.11. The van der Waals surface area contributed by atoms with Crippen molar-refractivity contribution in [2.24, 2.45) is 0 Å². The third-order valence-electron chi connectivity index (χ3n) is 2.17. The van der Waals surface area contributed by atoms with E-state index in [9.17, 15) is 14.5 Å². The van der Waals surface area contributed by atoms with Gasteiger partial charge in [-0.05, 0) is 11.6 Å². The fourth-order valence-electron chi connectivity index (χ4n) is 1.41. The van der Waals surface area contributed by atoms with Gasteiger partial charge in [0, 0.05) is 23.9 Å². The minimum atomic E-state index is -0.713. The van der Waals surface area contributed by atoms with Crippen LogP contribution < -0.4 is 0 Å². The molecule has 0 radical (unpaired) electrons. The summed E-state index contributed by atoms with van der Waals surface area (Å²) in [5, 5.41) is 10.9. The predicted molar refractivity (Wildman–Crippen MR) is 61.3 cm³/mol. The quantitative estimate of drug-likeness (QED) is 0.467. The van der Waals surface area contributed by atoms with Crippen molar-refractivity contribution in [2.45, 2.75) is 0 Å². The maximum atomic E-state index is 13.4. The van der Waals surface area contributed by atoms with Crippen LogP contribution in [-0.4, -0.2) is 9.91 Å². The molecule has 0 N–H and O–H groups in total. The van der Waals surface area contributed by atoms with Crippen LogP contribution in [0.2, 0.25) is 5.02 Å². The number of aromatic nitrogens is 1. The van der Waals surface area contributed by atoms with E-state index in [1.54, 1.807) is 6.07 Å². The summed E-state index contributed by atoms with van der Waals surface area (Å²) in [4.78, 5) is 13.5. The van der Waals surface area contributed by atoms with Gasteiger partial charge in [-0.3, -0.25) is 10.1 Å². The molecule has 0 unspecified atom stereocenters. The molecule has 0 aliphatic carbocycles. The number of nitro groups is 1. The first-order chi connectivity index (χ1) is 8.08. The lowest BCUT2D eigenvalue weighted by Gasteiger charge is -2.03. The monoisotopic (exact) mass is 252 g/mol. The molecule has 1 aromatic carbocycles. The molecule has 2 aromatic rings. The van der Waals surface area contributed by atoms with Gasteiger partial charge in [0.15, 0.2) is 0 Å². The van der Waals surface area contributed by atoms with E-state index in [0.717, 1.165) is 0 Å². The van der Waals surface area contributed by atoms with Crippen LogP contribution in [0.1, 0.15) is 0 Å². The molecule has 0 amide bonds. The van der Waals surface area contributed by atoms with Gasteiger partial charge >= 0.3 is 0 Å². The Morgan fingerprint density at radius 2 is 2.12 bits per heavy atom. The molecule has 0 spiro atoms. The van der Waals surface area contributed by atoms with E-state index in [-0.39, 0.29) is 16.3 Å². The van der Waals surface area contributed by atoms with Gasteiger partial charge in [-0.25, -0.2) is 4.98 Å². The lowest BCUT2D eigenvalue weighted by Crippen LogP contribution is -1.91. The Morgan fingerprint density at radius 3 is 2.82 bits per heavy atom. The second kappa shape index (κ2) is 4.47. The van der Waals surface area contributed by atoms with Crippen LogP contribution in [-0.2, 0) is 0 Å². The maximum absolute atomic E-state index is 13.4. The third kappa shape index (κ3) is 2.39. The number of halogens is 2. The van der Waals surface area contributed by atoms with Crippen molar-refractivity contribution in [3.8, 4) is 11.1 Å². The van der Waals surface area contributed by atoms with E-state index in [0.29, 0.717) is 5.56 Å². The van der Waals surface area contributed by atoms with Crippen molar-refractivity contribution in [1.29, 1.82) is 0 Å². The lowest BCUT2D eigenvalue weighted by atomic mass is 10.1. The Morgan fingerprint density at radius 1 is 1.35 bits per heavy atom. The Hall–Kier alpha value is -2.01. The minimum Gasteiger partial charge on any atom is -0.258 e. The molecular weight excluding hydrogens is 247 g/mol. The molecule has 2 rings (SSSR count). The fourth-order valence-corrected chi connectivity index (χ4v) is 1.57. The second-order valence-corrected chi connectivity index (χ2v) is 3.74. The van der Waals surface area contributed by atoms with Crippen LogP contribution in [0, 0.1) is 16.1 Å². The van der Waals surface area contributed by atoms with Crippen LogP contribution in [0.3, 0.4) is 0 Å². The molecule has 0 aliphatic rings. The zero-order valence-electron chi connectivity index (χ0n) is 8.43. The maximum Gasteiger partial charge on any atom is 0.270 e. The average molecular weight is 253 g/mol. The van der Waals surface area contributed by atoms with Gasteiger partial charge in [0.05, 0.1) is 9.95 Å². The average Bonchev–Trinajstić information content (AvgIpc) is 2.32. The number of hydrogen-bond acceptors (Lipinski definition) is 3. The zero-order valence-corrected chi connectivity index (χ0v) is 9.19. The topological polar surface area (TPSA) is 56.0 Å². The summed E-state index contributed by atoms with van der Waals surface area (Å²) in [6.07, 6.45) is 1.18. The number of pyridine rings is 1. The summed E-state index contributed by atoms with van der Waals surface area (Å²) in [6.45, 7) is 0. The van der Waals surface area contributed by atoms with Gasteiger partial charge in [-0.15, -0.1) is 0 Å². The van der Waals surface area contributed by atoms with Gasteiger partial charge in [0.25, 0.3) is 5.69 Å². The number of benzene rings is 1. The van der Waals surface area contributed by atoms with Gasteiger partial charge in [-0.2, -0.15) is 4.39 Å². The van der Waals surface area contributed by atoms with Crippen LogP contribution in [0.5, 0.6) is 0 Å². The molecule has 6 heteroatoms. The van der Waals surface area contributed by atoms with Crippen molar-refractivity contribution >= 4 is 17.3 Å². The third-order valence-corrected chi connectivity index (χ3v) is 2.38. The molecule has 0 atom stereocenters. The van der Waals surface area contributed by atoms with Crippen LogP contribution in [0.25, 0.3) is 11.1 Å². The predicted octanol–water partition coefficient (Wildman–Crippen LogP) is 3.45. The van der Waals surface area contributed by atoms with Crippen molar-refractivity contribution < 1.29 is 9.31 Å². The number of non-ortho nitro benzene ring substituents is 1. The molecular formula is C11H6ClFN2O2.